The molecule has 1 fully saturated rings. The van der Waals surface area contributed by atoms with Crippen molar-refractivity contribution in [1.29, 1.82) is 0 Å². The maximum absolute atomic E-state index is 12.6. The molecule has 0 bridgehead atoms. The fraction of sp³-hybridized carbons (Fsp3) is 0.476. The van der Waals surface area contributed by atoms with Gasteiger partial charge in [-0.05, 0) is 12.3 Å². The van der Waals surface area contributed by atoms with Gasteiger partial charge < -0.3 is 10.6 Å². The van der Waals surface area contributed by atoms with Crippen molar-refractivity contribution in [3.63, 3.8) is 0 Å². The number of anilines is 1. The second kappa shape index (κ2) is 10.6. The third kappa shape index (κ3) is 6.07. The van der Waals surface area contributed by atoms with E-state index >= 15 is 0 Å². The zero-order valence-electron chi connectivity index (χ0n) is 16.2. The molecule has 0 radical (unpaired) electrons. The molecule has 1 saturated carbocycles. The average Bonchev–Trinajstić information content (AvgIpc) is 3.14. The van der Waals surface area contributed by atoms with Crippen LogP contribution < -0.4 is 10.6 Å². The van der Waals surface area contributed by atoms with Gasteiger partial charge in [0, 0.05) is 19.0 Å². The van der Waals surface area contributed by atoms with Crippen LogP contribution in [0.5, 0.6) is 0 Å². The summed E-state index contributed by atoms with van der Waals surface area (Å²) in [6.45, 7) is 0. The van der Waals surface area contributed by atoms with Gasteiger partial charge in [0.15, 0.2) is 4.34 Å². The minimum absolute atomic E-state index is 0.0421. The Kier molecular flexibility index (Phi) is 7.91. The van der Waals surface area contributed by atoms with E-state index in [4.69, 9.17) is 0 Å². The van der Waals surface area contributed by atoms with Gasteiger partial charge in [-0.25, -0.2) is 4.98 Å². The van der Waals surface area contributed by atoms with E-state index in [-0.39, 0.29) is 11.8 Å². The first-order valence-corrected chi connectivity index (χ1v) is 11.7. The fourth-order valence-corrected chi connectivity index (χ4v) is 5.39. The number of thioether (sulfide) groups is 1. The first-order valence-electron chi connectivity index (χ1n) is 9.85. The van der Waals surface area contributed by atoms with Crippen molar-refractivity contribution in [2.24, 2.45) is 5.92 Å². The van der Waals surface area contributed by atoms with Crippen LogP contribution in [0.3, 0.4) is 0 Å². The van der Waals surface area contributed by atoms with Crippen LogP contribution in [-0.4, -0.2) is 29.6 Å². The van der Waals surface area contributed by atoms with E-state index in [0.29, 0.717) is 18.1 Å². The Morgan fingerprint density at radius 3 is 2.61 bits per heavy atom. The average molecular weight is 418 g/mol. The minimum atomic E-state index is -0.0421. The number of rotatable bonds is 8. The third-order valence-corrected chi connectivity index (χ3v) is 7.13. The summed E-state index contributed by atoms with van der Waals surface area (Å²) in [7, 11) is 1.62. The molecule has 1 aromatic heterocycles. The number of nitrogens with one attached hydrogen (secondary N) is 2. The van der Waals surface area contributed by atoms with Crippen molar-refractivity contribution in [2.45, 2.75) is 49.3 Å². The van der Waals surface area contributed by atoms with Crippen LogP contribution in [0.15, 0.2) is 34.7 Å². The van der Waals surface area contributed by atoms with E-state index in [2.05, 4.69) is 15.6 Å². The predicted octanol–water partition coefficient (Wildman–Crippen LogP) is 4.95. The monoisotopic (exact) mass is 417 g/mol. The Morgan fingerprint density at radius 2 is 1.89 bits per heavy atom. The highest BCUT2D eigenvalue weighted by atomic mass is 32.2. The standard InChI is InChI=1S/C21H27N3O2S2/c1-22-18(26)14-27-21-24-19(16-10-6-3-7-11-16)20(28-21)23-17(25)13-12-15-8-4-2-5-9-15/h3,6-7,10-11,15H,2,4-5,8-9,12-14H2,1H3,(H,22,26)(H,23,25). The highest BCUT2D eigenvalue weighted by Crippen LogP contribution is 2.37. The van der Waals surface area contributed by atoms with Crippen LogP contribution in [-0.2, 0) is 9.59 Å². The highest BCUT2D eigenvalue weighted by Gasteiger charge is 2.18. The summed E-state index contributed by atoms with van der Waals surface area (Å²) in [5.74, 6) is 1.01. The van der Waals surface area contributed by atoms with Crippen LogP contribution in [0.1, 0.15) is 44.9 Å². The van der Waals surface area contributed by atoms with Crippen molar-refractivity contribution in [3.8, 4) is 11.3 Å². The molecule has 2 N–H and O–H groups in total. The molecular formula is C21H27N3O2S2. The van der Waals surface area contributed by atoms with Crippen molar-refractivity contribution < 1.29 is 9.59 Å². The third-order valence-electron chi connectivity index (χ3n) is 5.02. The van der Waals surface area contributed by atoms with E-state index in [1.165, 1.54) is 55.2 Å². The summed E-state index contributed by atoms with van der Waals surface area (Å²) >= 11 is 2.83. The summed E-state index contributed by atoms with van der Waals surface area (Å²) in [6, 6.07) is 9.85. The van der Waals surface area contributed by atoms with Crippen LogP contribution in [0.2, 0.25) is 0 Å². The number of hydrogen-bond donors (Lipinski definition) is 2. The zero-order valence-corrected chi connectivity index (χ0v) is 17.8. The van der Waals surface area contributed by atoms with Gasteiger partial charge in [-0.1, -0.05) is 85.5 Å². The van der Waals surface area contributed by atoms with Gasteiger partial charge in [0.25, 0.3) is 0 Å². The molecule has 2 aromatic rings. The van der Waals surface area contributed by atoms with Gasteiger partial charge >= 0.3 is 0 Å². The molecule has 0 atom stereocenters. The quantitative estimate of drug-likeness (QED) is 0.596. The van der Waals surface area contributed by atoms with E-state index in [9.17, 15) is 9.59 Å². The number of benzene rings is 1. The Morgan fingerprint density at radius 1 is 1.14 bits per heavy atom. The Balaban J connectivity index is 1.67. The van der Waals surface area contributed by atoms with Crippen LogP contribution in [0, 0.1) is 5.92 Å². The van der Waals surface area contributed by atoms with Crippen molar-refractivity contribution >= 4 is 39.9 Å². The van der Waals surface area contributed by atoms with Crippen molar-refractivity contribution in [1.82, 2.24) is 10.3 Å². The molecule has 1 aromatic carbocycles. The summed E-state index contributed by atoms with van der Waals surface area (Å²) in [4.78, 5) is 28.8. The van der Waals surface area contributed by atoms with E-state index < -0.39 is 0 Å². The van der Waals surface area contributed by atoms with Gasteiger partial charge in [-0.3, -0.25) is 9.59 Å². The molecule has 1 heterocycles. The van der Waals surface area contributed by atoms with Gasteiger partial charge in [0.2, 0.25) is 11.8 Å². The Bertz CT molecular complexity index is 786. The topological polar surface area (TPSA) is 71.1 Å². The first kappa shape index (κ1) is 20.9. The first-order chi connectivity index (χ1) is 13.7. The number of carbonyl (C=O) groups is 2. The molecule has 1 aliphatic carbocycles. The van der Waals surface area contributed by atoms with E-state index in [1.54, 1.807) is 7.05 Å². The summed E-state index contributed by atoms with van der Waals surface area (Å²) in [5, 5.41) is 6.45. The molecule has 0 aliphatic heterocycles. The Labute approximate surface area is 174 Å². The smallest absolute Gasteiger partial charge is 0.230 e. The molecule has 7 heteroatoms. The lowest BCUT2D eigenvalue weighted by Gasteiger charge is -2.20. The lowest BCUT2D eigenvalue weighted by molar-refractivity contribution is -0.118. The molecule has 0 unspecified atom stereocenters. The fourth-order valence-electron chi connectivity index (χ4n) is 3.44. The molecule has 2 amide bonds. The number of nitrogens with zero attached hydrogens (tertiary/aromatic N) is 1. The Hall–Kier alpha value is -1.86. The number of hydrogen-bond acceptors (Lipinski definition) is 5. The molecule has 1 aliphatic rings. The molecule has 150 valence electrons. The largest absolute Gasteiger partial charge is 0.358 e. The second-order valence-electron chi connectivity index (χ2n) is 7.08. The second-order valence-corrected chi connectivity index (χ2v) is 9.30. The zero-order chi connectivity index (χ0) is 19.8. The van der Waals surface area contributed by atoms with E-state index in [0.717, 1.165) is 27.0 Å². The van der Waals surface area contributed by atoms with Gasteiger partial charge in [-0.15, -0.1) is 0 Å². The molecule has 0 saturated heterocycles. The number of amides is 2. The molecule has 3 rings (SSSR count). The van der Waals surface area contributed by atoms with Crippen LogP contribution >= 0.6 is 23.1 Å². The maximum Gasteiger partial charge on any atom is 0.230 e. The summed E-state index contributed by atoms with van der Waals surface area (Å²) < 4.78 is 0.782. The van der Waals surface area contributed by atoms with Gasteiger partial charge in [-0.2, -0.15) is 0 Å². The molecule has 0 spiro atoms. The van der Waals surface area contributed by atoms with Crippen molar-refractivity contribution in [3.05, 3.63) is 30.3 Å². The number of thiazole rings is 1. The van der Waals surface area contributed by atoms with Crippen LogP contribution in [0.25, 0.3) is 11.3 Å². The van der Waals surface area contributed by atoms with Crippen LogP contribution in [0.4, 0.5) is 5.00 Å². The molecule has 5 nitrogen and oxygen atoms in total. The van der Waals surface area contributed by atoms with E-state index in [1.807, 2.05) is 30.3 Å². The molecule has 28 heavy (non-hydrogen) atoms. The maximum atomic E-state index is 12.6. The SMILES string of the molecule is CNC(=O)CSc1nc(-c2ccccc2)c(NC(=O)CCC2CCCCC2)s1. The van der Waals surface area contributed by atoms with Gasteiger partial charge in [0.05, 0.1) is 5.75 Å². The lowest BCUT2D eigenvalue weighted by Crippen LogP contribution is -2.19. The number of aromatic nitrogens is 1. The summed E-state index contributed by atoms with van der Waals surface area (Å²) in [6.07, 6.45) is 7.95. The minimum Gasteiger partial charge on any atom is -0.358 e. The normalized spacial score (nSPS) is 14.6. The van der Waals surface area contributed by atoms with Gasteiger partial charge in [0.1, 0.15) is 10.7 Å². The number of carbonyl (C=O) groups excluding carboxylic acids is 2. The highest BCUT2D eigenvalue weighted by molar-refractivity contribution is 8.01. The lowest BCUT2D eigenvalue weighted by atomic mass is 9.86. The molecular weight excluding hydrogens is 390 g/mol. The summed E-state index contributed by atoms with van der Waals surface area (Å²) in [5.41, 5.74) is 1.74. The van der Waals surface area contributed by atoms with Crippen molar-refractivity contribution in [2.75, 3.05) is 18.1 Å². The predicted molar refractivity (Wildman–Crippen MR) is 117 cm³/mol.